The van der Waals surface area contributed by atoms with Crippen LogP contribution in [0.2, 0.25) is 0 Å². The van der Waals surface area contributed by atoms with Crippen molar-refractivity contribution in [2.45, 2.75) is 6.92 Å². The SMILES string of the molecule is CCSP(=NP(=S)(c1ccccc1)c1ccccc1)(c1ccccc1)c1ccccc1. The lowest BCUT2D eigenvalue weighted by Gasteiger charge is -2.30. The molecule has 0 amide bonds. The molecule has 4 aromatic rings. The van der Waals surface area contributed by atoms with Gasteiger partial charge in [0.15, 0.2) is 0 Å². The Balaban J connectivity index is 2.12. The minimum atomic E-state index is -2.42. The quantitative estimate of drug-likeness (QED) is 0.280. The zero-order valence-corrected chi connectivity index (χ0v) is 20.8. The van der Waals surface area contributed by atoms with Gasteiger partial charge in [0.2, 0.25) is 0 Å². The predicted octanol–water partition coefficient (Wildman–Crippen LogP) is 6.55. The van der Waals surface area contributed by atoms with Crippen molar-refractivity contribution in [3.8, 4) is 0 Å². The van der Waals surface area contributed by atoms with Crippen molar-refractivity contribution >= 4 is 56.9 Å². The monoisotopic (exact) mass is 477 g/mol. The van der Waals surface area contributed by atoms with Crippen LogP contribution in [-0.4, -0.2) is 5.75 Å². The molecule has 31 heavy (non-hydrogen) atoms. The molecule has 0 spiro atoms. The van der Waals surface area contributed by atoms with E-state index in [-0.39, 0.29) is 0 Å². The molecule has 0 saturated heterocycles. The Morgan fingerprint density at radius 1 is 0.581 bits per heavy atom. The van der Waals surface area contributed by atoms with Gasteiger partial charge in [-0.05, 0) is 5.75 Å². The zero-order chi connectivity index (χ0) is 21.6. The van der Waals surface area contributed by atoms with E-state index in [1.54, 1.807) is 0 Å². The Hall–Kier alpha value is -1.89. The summed E-state index contributed by atoms with van der Waals surface area (Å²) >= 11 is 8.51. The lowest BCUT2D eigenvalue weighted by molar-refractivity contribution is 1.54. The van der Waals surface area contributed by atoms with Crippen LogP contribution in [0.5, 0.6) is 0 Å². The van der Waals surface area contributed by atoms with Gasteiger partial charge in [0.25, 0.3) is 0 Å². The fraction of sp³-hybridized carbons (Fsp3) is 0.0769. The summed E-state index contributed by atoms with van der Waals surface area (Å²) in [6, 6.07) is 42.5. The largest absolute Gasteiger partial charge is 0.242 e. The van der Waals surface area contributed by atoms with Gasteiger partial charge >= 0.3 is 0 Å². The first-order valence-corrected chi connectivity index (χ1v) is 16.4. The molecule has 0 aliphatic heterocycles. The second-order valence-electron chi connectivity index (χ2n) is 7.00. The van der Waals surface area contributed by atoms with Gasteiger partial charge in [-0.25, -0.2) is 4.52 Å². The Kier molecular flexibility index (Phi) is 7.31. The van der Waals surface area contributed by atoms with Crippen molar-refractivity contribution in [2.75, 3.05) is 5.75 Å². The molecule has 0 fully saturated rings. The molecule has 0 N–H and O–H groups in total. The van der Waals surface area contributed by atoms with Gasteiger partial charge < -0.3 is 0 Å². The van der Waals surface area contributed by atoms with E-state index in [1.807, 2.05) is 23.5 Å². The Labute approximate surface area is 194 Å². The van der Waals surface area contributed by atoms with Crippen molar-refractivity contribution in [1.29, 1.82) is 0 Å². The smallest absolute Gasteiger partial charge is 0.112 e. The first-order valence-electron chi connectivity index (χ1n) is 10.3. The molecule has 0 aromatic heterocycles. The van der Waals surface area contributed by atoms with E-state index < -0.39 is 12.4 Å². The average molecular weight is 478 g/mol. The Morgan fingerprint density at radius 3 is 1.23 bits per heavy atom. The number of rotatable bonds is 7. The summed E-state index contributed by atoms with van der Waals surface area (Å²) in [5.74, 6) is 0.972. The van der Waals surface area contributed by atoms with Gasteiger partial charge in [0.05, 0.1) is 6.26 Å². The van der Waals surface area contributed by atoms with Gasteiger partial charge in [-0.1, -0.05) is 140 Å². The highest BCUT2D eigenvalue weighted by atomic mass is 32.7. The van der Waals surface area contributed by atoms with Crippen LogP contribution in [-0.2, 0) is 11.8 Å². The van der Waals surface area contributed by atoms with Gasteiger partial charge in [-0.2, -0.15) is 0 Å². The fourth-order valence-electron chi connectivity index (χ4n) is 3.56. The van der Waals surface area contributed by atoms with Crippen molar-refractivity contribution < 1.29 is 0 Å². The van der Waals surface area contributed by atoms with E-state index in [9.17, 15) is 0 Å². The Bertz CT molecular complexity index is 1120. The first-order chi connectivity index (χ1) is 15.2. The van der Waals surface area contributed by atoms with Gasteiger partial charge in [-0.3, -0.25) is 0 Å². The normalized spacial score (nSPS) is 11.8. The molecule has 4 aromatic carbocycles. The third kappa shape index (κ3) is 4.66. The third-order valence-electron chi connectivity index (χ3n) is 4.99. The second-order valence-corrected chi connectivity index (χ2v) is 16.9. The van der Waals surface area contributed by atoms with Crippen LogP contribution >= 0.6 is 23.8 Å². The molecular weight excluding hydrogens is 452 g/mol. The highest BCUT2D eigenvalue weighted by Gasteiger charge is 2.31. The molecule has 5 heteroatoms. The van der Waals surface area contributed by atoms with Crippen LogP contribution in [0, 0.1) is 0 Å². The molecule has 0 aliphatic carbocycles. The van der Waals surface area contributed by atoms with E-state index in [2.05, 4.69) is 116 Å². The van der Waals surface area contributed by atoms with Crippen LogP contribution in [0.15, 0.2) is 126 Å². The molecule has 4 rings (SSSR count). The van der Waals surface area contributed by atoms with Crippen LogP contribution in [0.25, 0.3) is 0 Å². The highest BCUT2D eigenvalue weighted by molar-refractivity contribution is 8.64. The summed E-state index contributed by atoms with van der Waals surface area (Å²) in [5.41, 5.74) is 0. The third-order valence-corrected chi connectivity index (χ3v) is 17.4. The summed E-state index contributed by atoms with van der Waals surface area (Å²) in [5, 5.41) is 4.83. The van der Waals surface area contributed by atoms with Crippen LogP contribution in [0.3, 0.4) is 0 Å². The average Bonchev–Trinajstić information content (AvgIpc) is 2.86. The van der Waals surface area contributed by atoms with Crippen molar-refractivity contribution in [3.05, 3.63) is 121 Å². The zero-order valence-electron chi connectivity index (χ0n) is 17.4. The van der Waals surface area contributed by atoms with E-state index in [0.717, 1.165) is 16.4 Å². The van der Waals surface area contributed by atoms with E-state index in [4.69, 9.17) is 16.3 Å². The van der Waals surface area contributed by atoms with Gasteiger partial charge in [0, 0.05) is 21.2 Å². The lowest BCUT2D eigenvalue weighted by atomic mass is 10.4. The molecule has 0 unspecified atom stereocenters. The minimum Gasteiger partial charge on any atom is -0.242 e. The number of benzene rings is 4. The number of hydrogen-bond donors (Lipinski definition) is 0. The molecule has 1 nitrogen and oxygen atoms in total. The van der Waals surface area contributed by atoms with Crippen LogP contribution in [0.1, 0.15) is 6.92 Å². The molecule has 0 aliphatic rings. The molecule has 0 radical (unpaired) electrons. The molecule has 0 heterocycles. The van der Waals surface area contributed by atoms with E-state index in [0.29, 0.717) is 0 Å². The standard InChI is InChI=1S/C26H25NP2S2/c1-2-31-29(25-19-11-5-12-20-25,26-21-13-6-14-22-26)27-28(30,23-15-7-3-8-16-23)24-17-9-4-10-18-24/h3-22H,2H2,1H3. The van der Waals surface area contributed by atoms with E-state index >= 15 is 0 Å². The van der Waals surface area contributed by atoms with Crippen molar-refractivity contribution in [3.63, 3.8) is 0 Å². The first kappa shape index (κ1) is 22.3. The lowest BCUT2D eigenvalue weighted by Crippen LogP contribution is -2.18. The highest BCUT2D eigenvalue weighted by Crippen LogP contribution is 2.67. The van der Waals surface area contributed by atoms with Gasteiger partial charge in [0.1, 0.15) is 6.19 Å². The Morgan fingerprint density at radius 2 is 0.903 bits per heavy atom. The maximum absolute atomic E-state index is 6.56. The topological polar surface area (TPSA) is 12.4 Å². The molecule has 0 saturated carbocycles. The summed E-state index contributed by atoms with van der Waals surface area (Å²) in [6.45, 7) is 2.22. The second kappa shape index (κ2) is 10.2. The van der Waals surface area contributed by atoms with E-state index in [1.165, 1.54) is 10.6 Å². The van der Waals surface area contributed by atoms with Crippen LogP contribution < -0.4 is 21.2 Å². The van der Waals surface area contributed by atoms with Crippen molar-refractivity contribution in [2.24, 2.45) is 4.52 Å². The van der Waals surface area contributed by atoms with Crippen molar-refractivity contribution in [1.82, 2.24) is 0 Å². The predicted molar refractivity (Wildman–Crippen MR) is 146 cm³/mol. The molecule has 156 valence electrons. The summed E-state index contributed by atoms with van der Waals surface area (Å²) in [4.78, 5) is 0. The molecular formula is C26H25NP2S2. The fourth-order valence-corrected chi connectivity index (χ4v) is 16.7. The van der Waals surface area contributed by atoms with Gasteiger partial charge in [-0.15, -0.1) is 11.4 Å². The maximum atomic E-state index is 6.56. The maximum Gasteiger partial charge on any atom is 0.112 e. The molecule has 0 atom stereocenters. The number of nitrogens with zero attached hydrogens (tertiary/aromatic N) is 1. The summed E-state index contributed by atoms with van der Waals surface area (Å²) in [6.07, 6.45) is -4.59. The summed E-state index contributed by atoms with van der Waals surface area (Å²) in [7, 11) is 0. The molecule has 0 bridgehead atoms. The minimum absolute atomic E-state index is 0.972. The van der Waals surface area contributed by atoms with Crippen LogP contribution in [0.4, 0.5) is 0 Å². The summed E-state index contributed by atoms with van der Waals surface area (Å²) < 4.78 is 5.81. The number of hydrogen-bond acceptors (Lipinski definition) is 2.